The van der Waals surface area contributed by atoms with Crippen LogP contribution in [-0.4, -0.2) is 37.1 Å². The standard InChI is InChI=1S/C15H34N2/c1-7-10-15(6,12-16-9-3)13-17(11-8-2)14(4)5/h14,16H,7-13H2,1-6H3. The quantitative estimate of drug-likeness (QED) is 0.630. The Morgan fingerprint density at radius 3 is 2.18 bits per heavy atom. The molecule has 0 fully saturated rings. The number of hydrogen-bond acceptors (Lipinski definition) is 2. The van der Waals surface area contributed by atoms with E-state index in [1.54, 1.807) is 0 Å². The van der Waals surface area contributed by atoms with Crippen molar-refractivity contribution in [2.75, 3.05) is 26.2 Å². The van der Waals surface area contributed by atoms with Crippen LogP contribution < -0.4 is 5.32 Å². The molecule has 1 atom stereocenters. The van der Waals surface area contributed by atoms with E-state index in [0.717, 1.165) is 13.1 Å². The fourth-order valence-electron chi connectivity index (χ4n) is 2.55. The lowest BCUT2D eigenvalue weighted by atomic mass is 9.84. The maximum Gasteiger partial charge on any atom is 0.00502 e. The molecule has 0 amide bonds. The van der Waals surface area contributed by atoms with Gasteiger partial charge in [0.1, 0.15) is 0 Å². The molecule has 0 saturated heterocycles. The minimum Gasteiger partial charge on any atom is -0.316 e. The summed E-state index contributed by atoms with van der Waals surface area (Å²) >= 11 is 0. The highest BCUT2D eigenvalue weighted by Gasteiger charge is 2.26. The van der Waals surface area contributed by atoms with Gasteiger partial charge in [-0.05, 0) is 45.2 Å². The molecule has 0 rings (SSSR count). The zero-order chi connectivity index (χ0) is 13.3. The van der Waals surface area contributed by atoms with Gasteiger partial charge >= 0.3 is 0 Å². The third kappa shape index (κ3) is 7.05. The van der Waals surface area contributed by atoms with Crippen LogP contribution in [0.2, 0.25) is 0 Å². The van der Waals surface area contributed by atoms with Crippen molar-refractivity contribution < 1.29 is 0 Å². The second kappa shape index (κ2) is 8.93. The summed E-state index contributed by atoms with van der Waals surface area (Å²) in [7, 11) is 0. The summed E-state index contributed by atoms with van der Waals surface area (Å²) < 4.78 is 0. The minimum atomic E-state index is 0.421. The van der Waals surface area contributed by atoms with E-state index >= 15 is 0 Å². The summed E-state index contributed by atoms with van der Waals surface area (Å²) in [6.45, 7) is 18.5. The summed E-state index contributed by atoms with van der Waals surface area (Å²) in [5.74, 6) is 0. The lowest BCUT2D eigenvalue weighted by Gasteiger charge is -2.38. The van der Waals surface area contributed by atoms with Crippen molar-refractivity contribution in [1.82, 2.24) is 10.2 Å². The third-order valence-electron chi connectivity index (χ3n) is 3.48. The first-order chi connectivity index (χ1) is 7.99. The Kier molecular flexibility index (Phi) is 8.89. The molecular weight excluding hydrogens is 208 g/mol. The third-order valence-corrected chi connectivity index (χ3v) is 3.48. The van der Waals surface area contributed by atoms with Crippen LogP contribution in [0.4, 0.5) is 0 Å². The van der Waals surface area contributed by atoms with Crippen LogP contribution in [0.1, 0.15) is 60.8 Å². The predicted molar refractivity (Wildman–Crippen MR) is 78.6 cm³/mol. The molecule has 0 aliphatic carbocycles. The fraction of sp³-hybridized carbons (Fsp3) is 1.00. The van der Waals surface area contributed by atoms with Gasteiger partial charge in [-0.3, -0.25) is 0 Å². The van der Waals surface area contributed by atoms with Crippen LogP contribution in [0.25, 0.3) is 0 Å². The van der Waals surface area contributed by atoms with Crippen LogP contribution >= 0.6 is 0 Å². The highest BCUT2D eigenvalue weighted by molar-refractivity contribution is 4.81. The molecule has 0 aromatic heterocycles. The number of rotatable bonds is 10. The van der Waals surface area contributed by atoms with Crippen molar-refractivity contribution >= 4 is 0 Å². The van der Waals surface area contributed by atoms with Gasteiger partial charge in [0.2, 0.25) is 0 Å². The zero-order valence-electron chi connectivity index (χ0n) is 13.0. The molecule has 0 aromatic carbocycles. The molecule has 1 N–H and O–H groups in total. The van der Waals surface area contributed by atoms with Crippen LogP contribution in [0.15, 0.2) is 0 Å². The number of hydrogen-bond donors (Lipinski definition) is 1. The van der Waals surface area contributed by atoms with E-state index in [1.165, 1.54) is 32.4 Å². The van der Waals surface area contributed by atoms with Crippen molar-refractivity contribution in [2.45, 2.75) is 66.8 Å². The lowest BCUT2D eigenvalue weighted by Crippen LogP contribution is -2.45. The Morgan fingerprint density at radius 2 is 1.76 bits per heavy atom. The van der Waals surface area contributed by atoms with E-state index in [1.807, 2.05) is 0 Å². The Morgan fingerprint density at radius 1 is 1.12 bits per heavy atom. The summed E-state index contributed by atoms with van der Waals surface area (Å²) in [5, 5.41) is 3.53. The topological polar surface area (TPSA) is 15.3 Å². The van der Waals surface area contributed by atoms with Crippen molar-refractivity contribution in [3.63, 3.8) is 0 Å². The molecule has 0 saturated carbocycles. The molecule has 2 heteroatoms. The van der Waals surface area contributed by atoms with Gasteiger partial charge < -0.3 is 10.2 Å². The fourth-order valence-corrected chi connectivity index (χ4v) is 2.55. The molecular formula is C15H34N2. The van der Waals surface area contributed by atoms with Gasteiger partial charge in [0.15, 0.2) is 0 Å². The first-order valence-corrected chi connectivity index (χ1v) is 7.43. The van der Waals surface area contributed by atoms with Crippen molar-refractivity contribution in [3.8, 4) is 0 Å². The summed E-state index contributed by atoms with van der Waals surface area (Å²) in [5.41, 5.74) is 0.421. The first-order valence-electron chi connectivity index (χ1n) is 7.43. The molecule has 0 aliphatic heterocycles. The molecule has 104 valence electrons. The molecule has 0 bridgehead atoms. The van der Waals surface area contributed by atoms with E-state index in [4.69, 9.17) is 0 Å². The Bertz CT molecular complexity index is 180. The van der Waals surface area contributed by atoms with Gasteiger partial charge in [0.05, 0.1) is 0 Å². The molecule has 0 spiro atoms. The second-order valence-corrected chi connectivity index (χ2v) is 5.91. The minimum absolute atomic E-state index is 0.421. The molecule has 0 aliphatic rings. The van der Waals surface area contributed by atoms with Gasteiger partial charge in [-0.25, -0.2) is 0 Å². The SMILES string of the molecule is CCCN(CC(C)(CCC)CNCC)C(C)C. The monoisotopic (exact) mass is 242 g/mol. The normalized spacial score (nSPS) is 15.5. The molecule has 0 heterocycles. The van der Waals surface area contributed by atoms with E-state index in [2.05, 4.69) is 51.8 Å². The second-order valence-electron chi connectivity index (χ2n) is 5.91. The van der Waals surface area contributed by atoms with E-state index in [0.29, 0.717) is 11.5 Å². The van der Waals surface area contributed by atoms with E-state index < -0.39 is 0 Å². The van der Waals surface area contributed by atoms with Gasteiger partial charge in [-0.15, -0.1) is 0 Å². The summed E-state index contributed by atoms with van der Waals surface area (Å²) in [6, 6.07) is 0.660. The Labute approximate surface area is 109 Å². The van der Waals surface area contributed by atoms with Crippen molar-refractivity contribution in [1.29, 1.82) is 0 Å². The van der Waals surface area contributed by atoms with Gasteiger partial charge in [-0.2, -0.15) is 0 Å². The zero-order valence-corrected chi connectivity index (χ0v) is 13.0. The molecule has 0 aromatic rings. The molecule has 17 heavy (non-hydrogen) atoms. The maximum atomic E-state index is 3.53. The maximum absolute atomic E-state index is 3.53. The average Bonchev–Trinajstić information content (AvgIpc) is 2.26. The number of nitrogens with one attached hydrogen (secondary N) is 1. The highest BCUT2D eigenvalue weighted by atomic mass is 15.2. The van der Waals surface area contributed by atoms with Gasteiger partial charge in [0.25, 0.3) is 0 Å². The lowest BCUT2D eigenvalue weighted by molar-refractivity contribution is 0.123. The molecule has 2 nitrogen and oxygen atoms in total. The highest BCUT2D eigenvalue weighted by Crippen LogP contribution is 2.25. The van der Waals surface area contributed by atoms with Gasteiger partial charge in [-0.1, -0.05) is 34.1 Å². The van der Waals surface area contributed by atoms with Crippen LogP contribution in [0, 0.1) is 5.41 Å². The predicted octanol–water partition coefficient (Wildman–Crippen LogP) is 3.52. The Balaban J connectivity index is 4.45. The van der Waals surface area contributed by atoms with Crippen LogP contribution in [0.5, 0.6) is 0 Å². The summed E-state index contributed by atoms with van der Waals surface area (Å²) in [4.78, 5) is 2.63. The largest absolute Gasteiger partial charge is 0.316 e. The van der Waals surface area contributed by atoms with Crippen LogP contribution in [-0.2, 0) is 0 Å². The Hall–Kier alpha value is -0.0800. The van der Waals surface area contributed by atoms with Crippen molar-refractivity contribution in [3.05, 3.63) is 0 Å². The smallest absolute Gasteiger partial charge is 0.00502 e. The first kappa shape index (κ1) is 16.9. The van der Waals surface area contributed by atoms with Crippen LogP contribution in [0.3, 0.4) is 0 Å². The van der Waals surface area contributed by atoms with Gasteiger partial charge in [0, 0.05) is 19.1 Å². The summed E-state index contributed by atoms with van der Waals surface area (Å²) in [6.07, 6.45) is 3.84. The van der Waals surface area contributed by atoms with Crippen molar-refractivity contribution in [2.24, 2.45) is 5.41 Å². The number of nitrogens with zero attached hydrogens (tertiary/aromatic N) is 1. The average molecular weight is 242 g/mol. The van der Waals surface area contributed by atoms with E-state index in [9.17, 15) is 0 Å². The van der Waals surface area contributed by atoms with E-state index in [-0.39, 0.29) is 0 Å². The molecule has 0 radical (unpaired) electrons. The molecule has 1 unspecified atom stereocenters.